The van der Waals surface area contributed by atoms with Crippen LogP contribution in [0.15, 0.2) is 24.3 Å². The number of Topliss-reactive ketones (excluding diaryl/α,β-unsaturated/α-hetero) is 1. The standard InChI is InChI=1S/C13H18O/c1-4-12-6-5-7-13(9-12)8-10(2)11(3)14/h5-7,9-10H,4,8H2,1-3H3/t10-/m0/s1. The van der Waals surface area contributed by atoms with Gasteiger partial charge in [-0.3, -0.25) is 4.79 Å². The minimum atomic E-state index is 0.141. The normalized spacial score (nSPS) is 12.5. The number of rotatable bonds is 4. The van der Waals surface area contributed by atoms with Gasteiger partial charge in [0.2, 0.25) is 0 Å². The molecule has 0 aliphatic heterocycles. The molecular formula is C13H18O. The molecule has 14 heavy (non-hydrogen) atoms. The van der Waals surface area contributed by atoms with Crippen LogP contribution in [0.3, 0.4) is 0 Å². The lowest BCUT2D eigenvalue weighted by atomic mass is 9.96. The maximum atomic E-state index is 11.1. The third kappa shape index (κ3) is 2.99. The second-order valence-electron chi connectivity index (χ2n) is 3.89. The van der Waals surface area contributed by atoms with Crippen LogP contribution in [-0.4, -0.2) is 5.78 Å². The van der Waals surface area contributed by atoms with E-state index in [1.54, 1.807) is 6.92 Å². The van der Waals surface area contributed by atoms with Gasteiger partial charge < -0.3 is 0 Å². The molecular weight excluding hydrogens is 172 g/mol. The molecule has 0 heterocycles. The molecule has 0 aliphatic carbocycles. The zero-order valence-electron chi connectivity index (χ0n) is 9.21. The van der Waals surface area contributed by atoms with Crippen LogP contribution in [0.4, 0.5) is 0 Å². The van der Waals surface area contributed by atoms with Crippen molar-refractivity contribution in [3.63, 3.8) is 0 Å². The van der Waals surface area contributed by atoms with Crippen LogP contribution >= 0.6 is 0 Å². The summed E-state index contributed by atoms with van der Waals surface area (Å²) in [5.74, 6) is 0.411. The molecule has 0 unspecified atom stereocenters. The Hall–Kier alpha value is -1.11. The lowest BCUT2D eigenvalue weighted by Gasteiger charge is -2.08. The van der Waals surface area contributed by atoms with Gasteiger partial charge in [0.25, 0.3) is 0 Å². The molecule has 76 valence electrons. The van der Waals surface area contributed by atoms with Crippen LogP contribution < -0.4 is 0 Å². The van der Waals surface area contributed by atoms with E-state index in [1.807, 2.05) is 6.92 Å². The zero-order valence-corrected chi connectivity index (χ0v) is 9.21. The smallest absolute Gasteiger partial charge is 0.132 e. The number of carbonyl (C=O) groups excluding carboxylic acids is 1. The van der Waals surface area contributed by atoms with E-state index in [1.165, 1.54) is 11.1 Å². The maximum Gasteiger partial charge on any atom is 0.132 e. The van der Waals surface area contributed by atoms with E-state index in [-0.39, 0.29) is 11.7 Å². The van der Waals surface area contributed by atoms with Crippen LogP contribution in [0.1, 0.15) is 31.9 Å². The number of ketones is 1. The van der Waals surface area contributed by atoms with Gasteiger partial charge in [-0.1, -0.05) is 38.1 Å². The molecule has 1 aromatic carbocycles. The molecule has 0 aliphatic rings. The summed E-state index contributed by atoms with van der Waals surface area (Å²) >= 11 is 0. The molecule has 1 aromatic rings. The molecule has 0 aromatic heterocycles. The summed E-state index contributed by atoms with van der Waals surface area (Å²) < 4.78 is 0. The molecule has 0 radical (unpaired) electrons. The van der Waals surface area contributed by atoms with Gasteiger partial charge in [-0.25, -0.2) is 0 Å². The summed E-state index contributed by atoms with van der Waals surface area (Å²) in [5, 5.41) is 0. The first-order valence-electron chi connectivity index (χ1n) is 5.21. The van der Waals surface area contributed by atoms with Gasteiger partial charge in [0.05, 0.1) is 0 Å². The second kappa shape index (κ2) is 4.94. The highest BCUT2D eigenvalue weighted by atomic mass is 16.1. The fourth-order valence-corrected chi connectivity index (χ4v) is 1.47. The molecule has 0 bridgehead atoms. The molecule has 0 spiro atoms. The van der Waals surface area contributed by atoms with Gasteiger partial charge in [0.1, 0.15) is 5.78 Å². The quantitative estimate of drug-likeness (QED) is 0.713. The molecule has 1 heteroatoms. The monoisotopic (exact) mass is 190 g/mol. The van der Waals surface area contributed by atoms with Crippen molar-refractivity contribution >= 4 is 5.78 Å². The summed E-state index contributed by atoms with van der Waals surface area (Å²) in [4.78, 5) is 11.1. The maximum absolute atomic E-state index is 11.1. The number of benzene rings is 1. The summed E-state index contributed by atoms with van der Waals surface area (Å²) in [6.07, 6.45) is 1.92. The molecule has 1 atom stereocenters. The Morgan fingerprint density at radius 1 is 1.36 bits per heavy atom. The largest absolute Gasteiger partial charge is 0.300 e. The van der Waals surface area contributed by atoms with Crippen LogP contribution in [0.25, 0.3) is 0 Å². The first kappa shape index (κ1) is 11.0. The molecule has 1 nitrogen and oxygen atoms in total. The summed E-state index contributed by atoms with van der Waals surface area (Å²) in [5.41, 5.74) is 2.62. The highest BCUT2D eigenvalue weighted by Gasteiger charge is 2.08. The van der Waals surface area contributed by atoms with Gasteiger partial charge in [-0.15, -0.1) is 0 Å². The van der Waals surface area contributed by atoms with E-state index in [9.17, 15) is 4.79 Å². The van der Waals surface area contributed by atoms with Gasteiger partial charge in [0, 0.05) is 5.92 Å². The molecule has 0 saturated heterocycles. The Morgan fingerprint density at radius 2 is 2.00 bits per heavy atom. The summed E-state index contributed by atoms with van der Waals surface area (Å²) in [6, 6.07) is 8.49. The molecule has 0 N–H and O–H groups in total. The highest BCUT2D eigenvalue weighted by Crippen LogP contribution is 2.11. The van der Waals surface area contributed by atoms with Crippen LogP contribution in [-0.2, 0) is 17.6 Å². The van der Waals surface area contributed by atoms with Crippen molar-refractivity contribution in [1.29, 1.82) is 0 Å². The molecule has 1 rings (SSSR count). The summed E-state index contributed by atoms with van der Waals surface area (Å²) in [6.45, 7) is 5.79. The summed E-state index contributed by atoms with van der Waals surface area (Å²) in [7, 11) is 0. The fraction of sp³-hybridized carbons (Fsp3) is 0.462. The van der Waals surface area contributed by atoms with Crippen molar-refractivity contribution in [1.82, 2.24) is 0 Å². The lowest BCUT2D eigenvalue weighted by Crippen LogP contribution is -2.09. The third-order valence-electron chi connectivity index (χ3n) is 2.64. The van der Waals surface area contributed by atoms with E-state index in [4.69, 9.17) is 0 Å². The first-order chi connectivity index (χ1) is 6.63. The predicted molar refractivity (Wildman–Crippen MR) is 59.4 cm³/mol. The van der Waals surface area contributed by atoms with E-state index in [2.05, 4.69) is 31.2 Å². The van der Waals surface area contributed by atoms with E-state index >= 15 is 0 Å². The Balaban J connectivity index is 2.71. The fourth-order valence-electron chi connectivity index (χ4n) is 1.47. The average Bonchev–Trinajstić information content (AvgIpc) is 2.18. The van der Waals surface area contributed by atoms with Gasteiger partial charge in [-0.2, -0.15) is 0 Å². The number of hydrogen-bond donors (Lipinski definition) is 0. The SMILES string of the molecule is CCc1cccc(C[C@H](C)C(C)=O)c1. The first-order valence-corrected chi connectivity index (χ1v) is 5.21. The van der Waals surface area contributed by atoms with Crippen molar-refractivity contribution in [2.24, 2.45) is 5.92 Å². The Morgan fingerprint density at radius 3 is 2.57 bits per heavy atom. The second-order valence-corrected chi connectivity index (χ2v) is 3.89. The predicted octanol–water partition coefficient (Wildman–Crippen LogP) is 3.02. The van der Waals surface area contributed by atoms with Crippen molar-refractivity contribution in [3.8, 4) is 0 Å². The van der Waals surface area contributed by atoms with Crippen molar-refractivity contribution in [2.75, 3.05) is 0 Å². The van der Waals surface area contributed by atoms with Crippen LogP contribution in [0, 0.1) is 5.92 Å². The Bertz CT molecular complexity index is 315. The number of aryl methyl sites for hydroxylation is 1. The van der Waals surface area contributed by atoms with Gasteiger partial charge in [-0.05, 0) is 30.9 Å². The van der Waals surface area contributed by atoms with Gasteiger partial charge in [0.15, 0.2) is 0 Å². The van der Waals surface area contributed by atoms with Gasteiger partial charge >= 0.3 is 0 Å². The Kier molecular flexibility index (Phi) is 3.87. The number of carbonyl (C=O) groups is 1. The molecule has 0 saturated carbocycles. The van der Waals surface area contributed by atoms with Crippen LogP contribution in [0.2, 0.25) is 0 Å². The minimum Gasteiger partial charge on any atom is -0.300 e. The topological polar surface area (TPSA) is 17.1 Å². The van der Waals surface area contributed by atoms with Crippen LogP contribution in [0.5, 0.6) is 0 Å². The average molecular weight is 190 g/mol. The van der Waals surface area contributed by atoms with Crippen molar-refractivity contribution < 1.29 is 4.79 Å². The minimum absolute atomic E-state index is 0.141. The van der Waals surface area contributed by atoms with Crippen molar-refractivity contribution in [2.45, 2.75) is 33.6 Å². The Labute approximate surface area is 86.1 Å². The number of hydrogen-bond acceptors (Lipinski definition) is 1. The highest BCUT2D eigenvalue weighted by molar-refractivity contribution is 5.78. The third-order valence-corrected chi connectivity index (χ3v) is 2.64. The molecule has 0 amide bonds. The lowest BCUT2D eigenvalue weighted by molar-refractivity contribution is -0.120. The molecule has 0 fully saturated rings. The van der Waals surface area contributed by atoms with E-state index < -0.39 is 0 Å². The van der Waals surface area contributed by atoms with Crippen molar-refractivity contribution in [3.05, 3.63) is 35.4 Å². The van der Waals surface area contributed by atoms with E-state index in [0.29, 0.717) is 0 Å². The zero-order chi connectivity index (χ0) is 10.6. The van der Waals surface area contributed by atoms with E-state index in [0.717, 1.165) is 12.8 Å².